The zero-order valence-corrected chi connectivity index (χ0v) is 11.7. The van der Waals surface area contributed by atoms with Crippen molar-refractivity contribution >= 4 is 11.9 Å². The number of carboxylic acid groups (broad SMARTS) is 1. The van der Waals surface area contributed by atoms with Gasteiger partial charge in [0, 0.05) is 19.5 Å². The van der Waals surface area contributed by atoms with Crippen LogP contribution in [0.3, 0.4) is 0 Å². The minimum absolute atomic E-state index is 0.00801. The lowest BCUT2D eigenvalue weighted by molar-refractivity contribution is -0.157. The van der Waals surface area contributed by atoms with Crippen LogP contribution in [0.1, 0.15) is 45.4 Å². The van der Waals surface area contributed by atoms with E-state index in [4.69, 9.17) is 0 Å². The molecule has 1 N–H and O–H groups in total. The zero-order chi connectivity index (χ0) is 13.9. The van der Waals surface area contributed by atoms with Gasteiger partial charge in [0.05, 0.1) is 0 Å². The van der Waals surface area contributed by atoms with Crippen LogP contribution in [0.5, 0.6) is 0 Å². The molecule has 0 spiro atoms. The maximum absolute atomic E-state index is 12.3. The first-order valence-corrected chi connectivity index (χ1v) is 7.36. The Balaban J connectivity index is 1.95. The number of carboxylic acids is 1. The number of rotatable bonds is 5. The summed E-state index contributed by atoms with van der Waals surface area (Å²) in [4.78, 5) is 27.8. The fraction of sp³-hybridized carbons (Fsp3) is 0.857. The average molecular weight is 268 g/mol. The highest BCUT2D eigenvalue weighted by Crippen LogP contribution is 2.33. The van der Waals surface area contributed by atoms with Crippen molar-refractivity contribution in [3.05, 3.63) is 0 Å². The van der Waals surface area contributed by atoms with Crippen LogP contribution in [0.2, 0.25) is 0 Å². The standard InChI is InChI=1S/C14H24N2O3/c1-2-14(13(18)19)7-5-10-16(14)12(17)6-11-15-8-3-4-9-15/h2-11H2,1H3,(H,18,19). The summed E-state index contributed by atoms with van der Waals surface area (Å²) in [5.74, 6) is -0.837. The van der Waals surface area contributed by atoms with Gasteiger partial charge < -0.3 is 14.9 Å². The van der Waals surface area contributed by atoms with E-state index < -0.39 is 11.5 Å². The second kappa shape index (κ2) is 5.90. The molecule has 5 nitrogen and oxygen atoms in total. The number of nitrogens with zero attached hydrogens (tertiary/aromatic N) is 2. The minimum Gasteiger partial charge on any atom is -0.479 e. The third kappa shape index (κ3) is 2.76. The second-order valence-corrected chi connectivity index (χ2v) is 5.64. The number of carbonyl (C=O) groups is 2. The average Bonchev–Trinajstić information content (AvgIpc) is 3.05. The maximum atomic E-state index is 12.3. The lowest BCUT2D eigenvalue weighted by Crippen LogP contribution is -2.53. The van der Waals surface area contributed by atoms with Crippen LogP contribution in [0.15, 0.2) is 0 Å². The Labute approximate surface area is 114 Å². The van der Waals surface area contributed by atoms with Gasteiger partial charge in [0.25, 0.3) is 0 Å². The van der Waals surface area contributed by atoms with Gasteiger partial charge in [-0.3, -0.25) is 4.79 Å². The fourth-order valence-corrected chi connectivity index (χ4v) is 3.38. The van der Waals surface area contributed by atoms with Crippen molar-refractivity contribution in [1.29, 1.82) is 0 Å². The second-order valence-electron chi connectivity index (χ2n) is 5.64. The quantitative estimate of drug-likeness (QED) is 0.817. The van der Waals surface area contributed by atoms with Gasteiger partial charge in [0.1, 0.15) is 5.54 Å². The van der Waals surface area contributed by atoms with Crippen LogP contribution >= 0.6 is 0 Å². The van der Waals surface area contributed by atoms with Crippen molar-refractivity contribution < 1.29 is 14.7 Å². The zero-order valence-electron chi connectivity index (χ0n) is 11.7. The molecule has 0 saturated carbocycles. The van der Waals surface area contributed by atoms with Crippen LogP contribution in [0, 0.1) is 0 Å². The van der Waals surface area contributed by atoms with Crippen LogP contribution < -0.4 is 0 Å². The van der Waals surface area contributed by atoms with E-state index in [1.54, 1.807) is 4.90 Å². The van der Waals surface area contributed by atoms with Crippen molar-refractivity contribution in [1.82, 2.24) is 9.80 Å². The third-order valence-electron chi connectivity index (χ3n) is 4.61. The van der Waals surface area contributed by atoms with Gasteiger partial charge in [-0.05, 0) is 45.2 Å². The smallest absolute Gasteiger partial charge is 0.329 e. The van der Waals surface area contributed by atoms with Gasteiger partial charge in [0.15, 0.2) is 0 Å². The molecule has 0 bridgehead atoms. The summed E-state index contributed by atoms with van der Waals surface area (Å²) in [7, 11) is 0. The SMILES string of the molecule is CCC1(C(=O)O)CCCN1C(=O)CCN1CCCC1. The Hall–Kier alpha value is -1.10. The van der Waals surface area contributed by atoms with Crippen molar-refractivity contribution in [3.63, 3.8) is 0 Å². The molecule has 2 rings (SSSR count). The molecule has 5 heteroatoms. The molecule has 2 fully saturated rings. The number of hydrogen-bond acceptors (Lipinski definition) is 3. The normalized spacial score (nSPS) is 27.9. The van der Waals surface area contributed by atoms with Gasteiger partial charge >= 0.3 is 5.97 Å². The Kier molecular flexibility index (Phi) is 4.45. The number of carbonyl (C=O) groups excluding carboxylic acids is 1. The molecule has 0 aromatic heterocycles. The summed E-state index contributed by atoms with van der Waals surface area (Å²) in [5.41, 5.74) is -0.942. The van der Waals surface area contributed by atoms with E-state index in [1.807, 2.05) is 6.92 Å². The predicted octanol–water partition coefficient (Wildman–Crippen LogP) is 1.33. The largest absolute Gasteiger partial charge is 0.479 e. The molecule has 2 heterocycles. The molecular formula is C14H24N2O3. The maximum Gasteiger partial charge on any atom is 0.329 e. The van der Waals surface area contributed by atoms with E-state index in [1.165, 1.54) is 12.8 Å². The Morgan fingerprint density at radius 3 is 2.42 bits per heavy atom. The lowest BCUT2D eigenvalue weighted by Gasteiger charge is -2.34. The molecule has 1 atom stereocenters. The highest BCUT2D eigenvalue weighted by atomic mass is 16.4. The highest BCUT2D eigenvalue weighted by molar-refractivity contribution is 5.87. The highest BCUT2D eigenvalue weighted by Gasteiger charge is 2.48. The summed E-state index contributed by atoms with van der Waals surface area (Å²) in [6.45, 7) is 5.38. The van der Waals surface area contributed by atoms with Crippen molar-refractivity contribution in [2.45, 2.75) is 51.0 Å². The monoisotopic (exact) mass is 268 g/mol. The molecule has 2 saturated heterocycles. The topological polar surface area (TPSA) is 60.9 Å². The van der Waals surface area contributed by atoms with E-state index in [0.717, 1.165) is 26.1 Å². The van der Waals surface area contributed by atoms with Crippen LogP contribution in [-0.4, -0.2) is 58.5 Å². The predicted molar refractivity (Wildman–Crippen MR) is 71.9 cm³/mol. The van der Waals surface area contributed by atoms with Crippen LogP contribution in [-0.2, 0) is 9.59 Å². The summed E-state index contributed by atoms with van der Waals surface area (Å²) in [6, 6.07) is 0. The lowest BCUT2D eigenvalue weighted by atomic mass is 9.93. The molecule has 2 aliphatic heterocycles. The first-order chi connectivity index (χ1) is 9.10. The third-order valence-corrected chi connectivity index (χ3v) is 4.61. The molecule has 1 amide bonds. The Morgan fingerprint density at radius 1 is 1.16 bits per heavy atom. The molecule has 0 aromatic carbocycles. The van der Waals surface area contributed by atoms with E-state index >= 15 is 0 Å². The molecule has 0 radical (unpaired) electrons. The van der Waals surface area contributed by atoms with E-state index in [-0.39, 0.29) is 5.91 Å². The van der Waals surface area contributed by atoms with E-state index in [9.17, 15) is 14.7 Å². The van der Waals surface area contributed by atoms with Gasteiger partial charge in [-0.25, -0.2) is 4.79 Å². The molecule has 0 aromatic rings. The number of amides is 1. The fourth-order valence-electron chi connectivity index (χ4n) is 3.38. The summed E-state index contributed by atoms with van der Waals surface area (Å²) in [5, 5.41) is 9.46. The van der Waals surface area contributed by atoms with Crippen LogP contribution in [0.4, 0.5) is 0 Å². The van der Waals surface area contributed by atoms with E-state index in [0.29, 0.717) is 25.8 Å². The van der Waals surface area contributed by atoms with Crippen molar-refractivity contribution in [3.8, 4) is 0 Å². The minimum atomic E-state index is -0.942. The molecule has 19 heavy (non-hydrogen) atoms. The molecule has 0 aliphatic carbocycles. The van der Waals surface area contributed by atoms with Gasteiger partial charge in [-0.15, -0.1) is 0 Å². The summed E-state index contributed by atoms with van der Waals surface area (Å²) < 4.78 is 0. The van der Waals surface area contributed by atoms with Gasteiger partial charge in [-0.1, -0.05) is 6.92 Å². The first kappa shape index (κ1) is 14.3. The van der Waals surface area contributed by atoms with Crippen molar-refractivity contribution in [2.24, 2.45) is 0 Å². The Bertz CT molecular complexity index is 353. The molecule has 1 unspecified atom stereocenters. The van der Waals surface area contributed by atoms with Gasteiger partial charge in [-0.2, -0.15) is 0 Å². The first-order valence-electron chi connectivity index (χ1n) is 7.36. The van der Waals surface area contributed by atoms with Gasteiger partial charge in [0.2, 0.25) is 5.91 Å². The Morgan fingerprint density at radius 2 is 1.84 bits per heavy atom. The number of aliphatic carboxylic acids is 1. The van der Waals surface area contributed by atoms with Crippen molar-refractivity contribution in [2.75, 3.05) is 26.2 Å². The summed E-state index contributed by atoms with van der Waals surface area (Å²) >= 11 is 0. The van der Waals surface area contributed by atoms with E-state index in [2.05, 4.69) is 4.90 Å². The van der Waals surface area contributed by atoms with Crippen LogP contribution in [0.25, 0.3) is 0 Å². The number of hydrogen-bond donors (Lipinski definition) is 1. The summed E-state index contributed by atoms with van der Waals surface area (Å²) in [6.07, 6.45) is 4.77. The molecule has 108 valence electrons. The molecule has 2 aliphatic rings. The molecular weight excluding hydrogens is 244 g/mol. The number of likely N-dealkylation sites (tertiary alicyclic amines) is 2.